The fourth-order valence-corrected chi connectivity index (χ4v) is 3.53. The van der Waals surface area contributed by atoms with Gasteiger partial charge in [-0.15, -0.1) is 0 Å². The summed E-state index contributed by atoms with van der Waals surface area (Å²) in [7, 11) is 0. The van der Waals surface area contributed by atoms with E-state index in [0.717, 1.165) is 25.2 Å². The highest BCUT2D eigenvalue weighted by molar-refractivity contribution is 5.83. The zero-order valence-corrected chi connectivity index (χ0v) is 12.3. The molecule has 5 nitrogen and oxygen atoms in total. The molecule has 2 N–H and O–H groups in total. The van der Waals surface area contributed by atoms with Gasteiger partial charge in [-0.2, -0.15) is 0 Å². The van der Waals surface area contributed by atoms with E-state index in [-0.39, 0.29) is 12.1 Å². The van der Waals surface area contributed by atoms with E-state index in [1.165, 1.54) is 30.6 Å². The molecule has 0 unspecified atom stereocenters. The minimum atomic E-state index is -0.885. The van der Waals surface area contributed by atoms with Crippen LogP contribution in [0.4, 0.5) is 4.79 Å². The van der Waals surface area contributed by atoms with Crippen LogP contribution in [0.15, 0.2) is 0 Å². The minimum Gasteiger partial charge on any atom is -0.480 e. The molecule has 20 heavy (non-hydrogen) atoms. The molecule has 0 spiro atoms. The van der Waals surface area contributed by atoms with Gasteiger partial charge in [0.25, 0.3) is 0 Å². The Balaban J connectivity index is 1.79. The molecule has 0 aromatic carbocycles. The monoisotopic (exact) mass is 282 g/mol. The summed E-state index contributed by atoms with van der Waals surface area (Å²) in [6.07, 6.45) is 8.30. The van der Waals surface area contributed by atoms with Crippen molar-refractivity contribution in [1.29, 1.82) is 0 Å². The minimum absolute atomic E-state index is 0.186. The number of urea groups is 1. The molecule has 1 aliphatic heterocycles. The standard InChI is InChI=1S/C15H26N2O3/c1-2-4-11-6-8-12(9-7-11)16-15(20)17-10-3-5-13(17)14(18)19/h11-13H,2-10H2,1H3,(H,16,20)(H,18,19)/t11?,12?,13-/m0/s1. The lowest BCUT2D eigenvalue weighted by Gasteiger charge is -2.31. The highest BCUT2D eigenvalue weighted by atomic mass is 16.4. The SMILES string of the molecule is CCCC1CCC(NC(=O)N2CCC[C@H]2C(=O)O)CC1. The third-order valence-electron chi connectivity index (χ3n) is 4.67. The Morgan fingerprint density at radius 2 is 1.90 bits per heavy atom. The van der Waals surface area contributed by atoms with Gasteiger partial charge >= 0.3 is 12.0 Å². The van der Waals surface area contributed by atoms with Crippen LogP contribution in [0.5, 0.6) is 0 Å². The number of nitrogens with one attached hydrogen (secondary N) is 1. The molecule has 5 heteroatoms. The third-order valence-corrected chi connectivity index (χ3v) is 4.67. The predicted octanol–water partition coefficient (Wildman–Crippen LogP) is 2.60. The first-order valence-corrected chi connectivity index (χ1v) is 7.91. The van der Waals surface area contributed by atoms with Gasteiger partial charge in [-0.25, -0.2) is 9.59 Å². The van der Waals surface area contributed by atoms with E-state index >= 15 is 0 Å². The molecule has 0 radical (unpaired) electrons. The van der Waals surface area contributed by atoms with Gasteiger partial charge in [0.2, 0.25) is 0 Å². The lowest BCUT2D eigenvalue weighted by molar-refractivity contribution is -0.141. The van der Waals surface area contributed by atoms with Gasteiger partial charge in [-0.3, -0.25) is 0 Å². The van der Waals surface area contributed by atoms with Crippen molar-refractivity contribution in [3.8, 4) is 0 Å². The first-order chi connectivity index (χ1) is 9.61. The van der Waals surface area contributed by atoms with Crippen LogP contribution in [-0.2, 0) is 4.79 Å². The topological polar surface area (TPSA) is 69.6 Å². The van der Waals surface area contributed by atoms with Crippen molar-refractivity contribution in [1.82, 2.24) is 10.2 Å². The molecule has 114 valence electrons. The van der Waals surface area contributed by atoms with Crippen molar-refractivity contribution in [3.63, 3.8) is 0 Å². The molecular formula is C15H26N2O3. The Labute approximate surface area is 120 Å². The average molecular weight is 282 g/mol. The average Bonchev–Trinajstić information content (AvgIpc) is 2.91. The summed E-state index contributed by atoms with van der Waals surface area (Å²) >= 11 is 0. The molecule has 2 fully saturated rings. The number of hydrogen-bond acceptors (Lipinski definition) is 2. The van der Waals surface area contributed by atoms with E-state index in [4.69, 9.17) is 5.11 Å². The molecule has 2 rings (SSSR count). The highest BCUT2D eigenvalue weighted by Gasteiger charge is 2.35. The summed E-state index contributed by atoms with van der Waals surface area (Å²) in [5.41, 5.74) is 0. The summed E-state index contributed by atoms with van der Waals surface area (Å²) in [6, 6.07) is -0.592. The van der Waals surface area contributed by atoms with Gasteiger partial charge in [-0.05, 0) is 44.4 Å². The maximum Gasteiger partial charge on any atom is 0.326 e. The molecule has 1 saturated carbocycles. The largest absolute Gasteiger partial charge is 0.480 e. The number of carboxylic acid groups (broad SMARTS) is 1. The number of hydrogen-bond donors (Lipinski definition) is 2. The van der Waals surface area contributed by atoms with E-state index in [1.54, 1.807) is 0 Å². The van der Waals surface area contributed by atoms with E-state index in [1.807, 2.05) is 0 Å². The Bertz CT molecular complexity index is 351. The second-order valence-electron chi connectivity index (χ2n) is 6.15. The number of amides is 2. The van der Waals surface area contributed by atoms with Crippen LogP contribution in [0.1, 0.15) is 58.3 Å². The Morgan fingerprint density at radius 1 is 1.20 bits per heavy atom. The number of rotatable bonds is 4. The number of likely N-dealkylation sites (tertiary alicyclic amines) is 1. The number of aliphatic carboxylic acids is 1. The zero-order chi connectivity index (χ0) is 14.5. The van der Waals surface area contributed by atoms with Crippen molar-refractivity contribution in [2.24, 2.45) is 5.92 Å². The summed E-state index contributed by atoms with van der Waals surface area (Å²) in [5.74, 6) is -0.0731. The van der Waals surface area contributed by atoms with Crippen molar-refractivity contribution in [2.75, 3.05) is 6.54 Å². The van der Waals surface area contributed by atoms with Crippen LogP contribution in [0, 0.1) is 5.92 Å². The first kappa shape index (κ1) is 15.1. The van der Waals surface area contributed by atoms with Crippen LogP contribution >= 0.6 is 0 Å². The lowest BCUT2D eigenvalue weighted by atomic mass is 9.83. The van der Waals surface area contributed by atoms with E-state index < -0.39 is 12.0 Å². The summed E-state index contributed by atoms with van der Waals surface area (Å²) in [5, 5.41) is 12.1. The van der Waals surface area contributed by atoms with E-state index in [2.05, 4.69) is 12.2 Å². The first-order valence-electron chi connectivity index (χ1n) is 7.91. The Kier molecular flexibility index (Phi) is 5.26. The van der Waals surface area contributed by atoms with Crippen LogP contribution in [0.25, 0.3) is 0 Å². The third kappa shape index (κ3) is 3.64. The lowest BCUT2D eigenvalue weighted by Crippen LogP contribution is -2.49. The highest BCUT2D eigenvalue weighted by Crippen LogP contribution is 2.28. The van der Waals surface area contributed by atoms with Crippen LogP contribution in [0.2, 0.25) is 0 Å². The van der Waals surface area contributed by atoms with Gasteiger partial charge in [-0.1, -0.05) is 19.8 Å². The zero-order valence-electron chi connectivity index (χ0n) is 12.3. The maximum absolute atomic E-state index is 12.2. The number of carboxylic acids is 1. The van der Waals surface area contributed by atoms with E-state index in [0.29, 0.717) is 13.0 Å². The van der Waals surface area contributed by atoms with Crippen molar-refractivity contribution < 1.29 is 14.7 Å². The fourth-order valence-electron chi connectivity index (χ4n) is 3.53. The van der Waals surface area contributed by atoms with Crippen molar-refractivity contribution in [2.45, 2.75) is 70.4 Å². The molecule has 0 aromatic rings. The molecule has 1 heterocycles. The molecule has 2 amide bonds. The smallest absolute Gasteiger partial charge is 0.326 e. The summed E-state index contributed by atoms with van der Waals surface area (Å²) in [4.78, 5) is 24.8. The Hall–Kier alpha value is -1.26. The van der Waals surface area contributed by atoms with Crippen LogP contribution in [0.3, 0.4) is 0 Å². The summed E-state index contributed by atoms with van der Waals surface area (Å²) < 4.78 is 0. The van der Waals surface area contributed by atoms with Gasteiger partial charge in [0.1, 0.15) is 6.04 Å². The number of nitrogens with zero attached hydrogens (tertiary/aromatic N) is 1. The van der Waals surface area contributed by atoms with E-state index in [9.17, 15) is 9.59 Å². The van der Waals surface area contributed by atoms with Crippen molar-refractivity contribution in [3.05, 3.63) is 0 Å². The molecule has 1 aliphatic carbocycles. The molecule has 1 saturated heterocycles. The van der Waals surface area contributed by atoms with Gasteiger partial charge < -0.3 is 15.3 Å². The Morgan fingerprint density at radius 3 is 2.50 bits per heavy atom. The molecule has 1 atom stereocenters. The second-order valence-corrected chi connectivity index (χ2v) is 6.15. The quantitative estimate of drug-likeness (QED) is 0.832. The molecule has 0 aromatic heterocycles. The molecule has 2 aliphatic rings. The van der Waals surface area contributed by atoms with Gasteiger partial charge in [0.15, 0.2) is 0 Å². The maximum atomic E-state index is 12.2. The van der Waals surface area contributed by atoms with Crippen LogP contribution in [-0.4, -0.2) is 40.6 Å². The normalized spacial score (nSPS) is 30.2. The number of carbonyl (C=O) groups excluding carboxylic acids is 1. The molecule has 0 bridgehead atoms. The second kappa shape index (κ2) is 6.95. The summed E-state index contributed by atoms with van der Waals surface area (Å²) in [6.45, 7) is 2.78. The molecular weight excluding hydrogens is 256 g/mol. The van der Waals surface area contributed by atoms with Gasteiger partial charge in [0, 0.05) is 12.6 Å². The number of carbonyl (C=O) groups is 2. The predicted molar refractivity (Wildman–Crippen MR) is 76.5 cm³/mol. The van der Waals surface area contributed by atoms with Crippen LogP contribution < -0.4 is 5.32 Å². The van der Waals surface area contributed by atoms with Gasteiger partial charge in [0.05, 0.1) is 0 Å². The van der Waals surface area contributed by atoms with Crippen molar-refractivity contribution >= 4 is 12.0 Å². The fraction of sp³-hybridized carbons (Fsp3) is 0.867.